The Bertz CT molecular complexity index is 305. The first kappa shape index (κ1) is 26.3. The van der Waals surface area contributed by atoms with Crippen LogP contribution < -0.4 is 0 Å². The van der Waals surface area contributed by atoms with Gasteiger partial charge in [-0.05, 0) is 24.5 Å². The van der Waals surface area contributed by atoms with Gasteiger partial charge >= 0.3 is 0 Å². The minimum absolute atomic E-state index is 0.0425. The molecule has 0 bridgehead atoms. The predicted molar refractivity (Wildman–Crippen MR) is 126 cm³/mol. The van der Waals surface area contributed by atoms with Gasteiger partial charge in [0.1, 0.15) is 0 Å². The third-order valence-electron chi connectivity index (χ3n) is 6.23. The highest BCUT2D eigenvalue weighted by Gasteiger charge is 2.12. The minimum Gasteiger partial charge on any atom is -0.394 e. The fraction of sp³-hybridized carbons (Fsp3) is 1.00. The third-order valence-corrected chi connectivity index (χ3v) is 7.42. The summed E-state index contributed by atoms with van der Waals surface area (Å²) in [5.74, 6) is 3.23. The number of aliphatic hydroxyl groups excluding tert-OH is 1. The number of aliphatic hydroxyl groups is 1. The Morgan fingerprint density at radius 3 is 2.18 bits per heavy atom. The van der Waals surface area contributed by atoms with E-state index in [4.69, 9.17) is 4.74 Å². The van der Waals surface area contributed by atoms with Crippen LogP contribution in [0.3, 0.4) is 0 Å². The van der Waals surface area contributed by atoms with Crippen molar-refractivity contribution in [1.82, 2.24) is 0 Å². The number of unbranched alkanes of at least 4 members (excludes halogenated alkanes) is 10. The maximum atomic E-state index is 9.51. The summed E-state index contributed by atoms with van der Waals surface area (Å²) in [6.07, 6.45) is 25.2. The molecule has 1 rings (SSSR count). The van der Waals surface area contributed by atoms with Gasteiger partial charge in [0.2, 0.25) is 0 Å². The van der Waals surface area contributed by atoms with Crippen LogP contribution in [0.2, 0.25) is 0 Å². The van der Waals surface area contributed by atoms with Gasteiger partial charge in [-0.25, -0.2) is 0 Å². The zero-order chi connectivity index (χ0) is 20.1. The van der Waals surface area contributed by atoms with E-state index in [1.807, 2.05) is 11.8 Å². The summed E-state index contributed by atoms with van der Waals surface area (Å²) >= 11 is 1.97. The lowest BCUT2D eigenvalue weighted by molar-refractivity contribution is 0.0260. The maximum absolute atomic E-state index is 9.51. The summed E-state index contributed by atoms with van der Waals surface area (Å²) in [4.78, 5) is 0. The van der Waals surface area contributed by atoms with E-state index in [0.717, 1.165) is 24.7 Å². The fourth-order valence-corrected chi connectivity index (χ4v) is 5.36. The van der Waals surface area contributed by atoms with Crippen molar-refractivity contribution in [2.45, 2.75) is 129 Å². The monoisotopic (exact) mass is 414 g/mol. The van der Waals surface area contributed by atoms with Crippen LogP contribution in [0.4, 0.5) is 0 Å². The Hall–Kier alpha value is 0.270. The van der Waals surface area contributed by atoms with Crippen LogP contribution in [0.25, 0.3) is 0 Å². The Morgan fingerprint density at radius 2 is 1.46 bits per heavy atom. The average Bonchev–Trinajstić information content (AvgIpc) is 2.73. The predicted octanol–water partition coefficient (Wildman–Crippen LogP) is 7.77. The number of hydrogen-bond donors (Lipinski definition) is 1. The van der Waals surface area contributed by atoms with Crippen molar-refractivity contribution in [3.63, 3.8) is 0 Å². The maximum Gasteiger partial charge on any atom is 0.0895 e. The van der Waals surface area contributed by atoms with Crippen molar-refractivity contribution in [2.75, 3.05) is 24.7 Å². The highest BCUT2D eigenvalue weighted by Crippen LogP contribution is 2.28. The van der Waals surface area contributed by atoms with E-state index in [9.17, 15) is 5.11 Å². The summed E-state index contributed by atoms with van der Waals surface area (Å²) in [6, 6.07) is 0. The van der Waals surface area contributed by atoms with Crippen molar-refractivity contribution >= 4 is 11.8 Å². The largest absolute Gasteiger partial charge is 0.394 e. The summed E-state index contributed by atoms with van der Waals surface area (Å²) in [7, 11) is 0. The summed E-state index contributed by atoms with van der Waals surface area (Å²) in [5.41, 5.74) is 0. The molecule has 2 nitrogen and oxygen atoms in total. The number of thioether (sulfide) groups is 1. The lowest BCUT2D eigenvalue weighted by Crippen LogP contribution is -2.21. The van der Waals surface area contributed by atoms with Crippen LogP contribution in [0, 0.1) is 5.92 Å². The normalized spacial score (nSPS) is 16.5. The van der Waals surface area contributed by atoms with Crippen LogP contribution in [0.5, 0.6) is 0 Å². The molecule has 0 aliphatic heterocycles. The van der Waals surface area contributed by atoms with Crippen LogP contribution in [0.1, 0.15) is 122 Å². The van der Waals surface area contributed by atoms with Crippen LogP contribution in [-0.2, 0) is 4.74 Å². The Morgan fingerprint density at radius 1 is 0.821 bits per heavy atom. The van der Waals surface area contributed by atoms with Crippen molar-refractivity contribution in [1.29, 1.82) is 0 Å². The Balaban J connectivity index is 1.81. The molecule has 0 heterocycles. The van der Waals surface area contributed by atoms with Crippen molar-refractivity contribution < 1.29 is 9.84 Å². The highest BCUT2D eigenvalue weighted by molar-refractivity contribution is 7.99. The molecule has 1 saturated carbocycles. The molecule has 0 amide bonds. The molecule has 3 heteroatoms. The van der Waals surface area contributed by atoms with Gasteiger partial charge in [0.05, 0.1) is 12.7 Å². The second-order valence-electron chi connectivity index (χ2n) is 8.93. The molecule has 0 aromatic rings. The molecule has 0 aromatic heterocycles. The van der Waals surface area contributed by atoms with E-state index in [0.29, 0.717) is 0 Å². The average molecular weight is 415 g/mol. The number of rotatable bonds is 20. The Kier molecular flexibility index (Phi) is 19.3. The molecular weight excluding hydrogens is 364 g/mol. The molecule has 1 unspecified atom stereocenters. The van der Waals surface area contributed by atoms with Gasteiger partial charge in [0.25, 0.3) is 0 Å². The van der Waals surface area contributed by atoms with Crippen molar-refractivity contribution in [3.8, 4) is 0 Å². The molecule has 0 radical (unpaired) electrons. The molecule has 1 aliphatic rings. The van der Waals surface area contributed by atoms with Gasteiger partial charge < -0.3 is 9.84 Å². The molecule has 0 saturated heterocycles. The number of ether oxygens (including phenoxy) is 1. The van der Waals surface area contributed by atoms with E-state index >= 15 is 0 Å². The quantitative estimate of drug-likeness (QED) is 0.206. The van der Waals surface area contributed by atoms with Crippen LogP contribution in [0.15, 0.2) is 0 Å². The highest BCUT2D eigenvalue weighted by atomic mass is 32.2. The molecule has 1 N–H and O–H groups in total. The van der Waals surface area contributed by atoms with Gasteiger partial charge in [-0.1, -0.05) is 110 Å². The molecule has 0 spiro atoms. The lowest BCUT2D eigenvalue weighted by atomic mass is 9.85. The smallest absolute Gasteiger partial charge is 0.0895 e. The third kappa shape index (κ3) is 16.1. The molecule has 1 fully saturated rings. The summed E-state index contributed by atoms with van der Waals surface area (Å²) in [6.45, 7) is 3.26. The van der Waals surface area contributed by atoms with E-state index in [-0.39, 0.29) is 12.7 Å². The topological polar surface area (TPSA) is 29.5 Å². The SMILES string of the molecule is CCCCCCCCCCOC(CO)CSCCCCCCC1CCCCC1. The first-order chi connectivity index (χ1) is 13.9. The van der Waals surface area contributed by atoms with Crippen molar-refractivity contribution in [3.05, 3.63) is 0 Å². The fourth-order valence-electron chi connectivity index (χ4n) is 4.32. The lowest BCUT2D eigenvalue weighted by Gasteiger charge is -2.21. The van der Waals surface area contributed by atoms with Gasteiger partial charge in [0, 0.05) is 12.4 Å². The van der Waals surface area contributed by atoms with Crippen molar-refractivity contribution in [2.24, 2.45) is 5.92 Å². The second kappa shape index (κ2) is 20.5. The summed E-state index contributed by atoms with van der Waals surface area (Å²) in [5, 5.41) is 9.51. The molecule has 28 heavy (non-hydrogen) atoms. The molecule has 0 aromatic carbocycles. The zero-order valence-corrected chi connectivity index (χ0v) is 19.8. The number of hydrogen-bond acceptors (Lipinski definition) is 3. The van der Waals surface area contributed by atoms with E-state index < -0.39 is 0 Å². The first-order valence-corrected chi connectivity index (χ1v) is 13.8. The van der Waals surface area contributed by atoms with E-state index in [2.05, 4.69) is 6.92 Å². The van der Waals surface area contributed by atoms with Crippen LogP contribution in [-0.4, -0.2) is 35.9 Å². The molecule has 1 atom stereocenters. The minimum atomic E-state index is 0.0425. The van der Waals surface area contributed by atoms with Gasteiger partial charge in [0.15, 0.2) is 0 Å². The second-order valence-corrected chi connectivity index (χ2v) is 10.1. The van der Waals surface area contributed by atoms with Gasteiger partial charge in [-0.3, -0.25) is 0 Å². The molecule has 168 valence electrons. The van der Waals surface area contributed by atoms with E-state index in [1.54, 1.807) is 0 Å². The molecular formula is C25H50O2S. The van der Waals surface area contributed by atoms with Gasteiger partial charge in [-0.15, -0.1) is 0 Å². The first-order valence-electron chi connectivity index (χ1n) is 12.7. The van der Waals surface area contributed by atoms with Gasteiger partial charge in [-0.2, -0.15) is 11.8 Å². The van der Waals surface area contributed by atoms with Crippen LogP contribution >= 0.6 is 11.8 Å². The summed E-state index contributed by atoms with van der Waals surface area (Å²) < 4.78 is 5.88. The zero-order valence-electron chi connectivity index (χ0n) is 19.0. The Labute approximate surface area is 181 Å². The molecule has 1 aliphatic carbocycles. The standard InChI is InChI=1S/C25H50O2S/c1-2-3-4-5-6-7-9-15-20-27-25(22-26)23-28-21-16-10-8-12-17-24-18-13-11-14-19-24/h24-26H,2-23H2,1H3. The van der Waals surface area contributed by atoms with E-state index in [1.165, 1.54) is 115 Å².